The summed E-state index contributed by atoms with van der Waals surface area (Å²) in [5.41, 5.74) is 2.00. The third kappa shape index (κ3) is 4.01. The molecular weight excluding hydrogens is 438 g/mol. The standard InChI is InChI=1S/C21H16ClN5O3S/c22-15-3-1-2-4-16(15)27-20-14(10-25-27)21(24-12-23-20)31-11-19(28)26-13-5-6-17-18(9-13)30-8-7-29-17/h1-6,9-10,12H,7-8,11H2,(H,26,28). The summed E-state index contributed by atoms with van der Waals surface area (Å²) in [6.07, 6.45) is 3.14. The number of ether oxygens (including phenoxy) is 2. The molecule has 5 rings (SSSR count). The second-order valence-electron chi connectivity index (χ2n) is 6.62. The molecule has 8 nitrogen and oxygen atoms in total. The summed E-state index contributed by atoms with van der Waals surface area (Å²) in [6.45, 7) is 1.02. The van der Waals surface area contributed by atoms with E-state index >= 15 is 0 Å². The van der Waals surface area contributed by atoms with Gasteiger partial charge in [0.15, 0.2) is 17.1 Å². The molecule has 4 aromatic rings. The molecule has 0 atom stereocenters. The summed E-state index contributed by atoms with van der Waals surface area (Å²) < 4.78 is 12.7. The summed E-state index contributed by atoms with van der Waals surface area (Å²) in [6, 6.07) is 12.7. The zero-order valence-corrected chi connectivity index (χ0v) is 17.7. The molecule has 2 aromatic carbocycles. The fraction of sp³-hybridized carbons (Fsp3) is 0.143. The lowest BCUT2D eigenvalue weighted by Crippen LogP contribution is -2.17. The van der Waals surface area contributed by atoms with E-state index in [-0.39, 0.29) is 11.7 Å². The summed E-state index contributed by atoms with van der Waals surface area (Å²) in [7, 11) is 0. The van der Waals surface area contributed by atoms with E-state index in [1.54, 1.807) is 35.1 Å². The van der Waals surface area contributed by atoms with Crippen molar-refractivity contribution in [2.45, 2.75) is 5.03 Å². The summed E-state index contributed by atoms with van der Waals surface area (Å²) >= 11 is 7.61. The number of hydrogen-bond donors (Lipinski definition) is 1. The SMILES string of the molecule is O=C(CSc1ncnc2c1cnn2-c1ccccc1Cl)Nc1ccc2c(c1)OCCO2. The Morgan fingerprint density at radius 3 is 2.84 bits per heavy atom. The first kappa shape index (κ1) is 19.7. The van der Waals surface area contributed by atoms with Gasteiger partial charge < -0.3 is 14.8 Å². The second kappa shape index (κ2) is 8.44. The number of carbonyl (C=O) groups is 1. The molecule has 10 heteroatoms. The molecule has 2 aromatic heterocycles. The predicted molar refractivity (Wildman–Crippen MR) is 118 cm³/mol. The smallest absolute Gasteiger partial charge is 0.234 e. The lowest BCUT2D eigenvalue weighted by atomic mass is 10.2. The van der Waals surface area contributed by atoms with Gasteiger partial charge in [0.25, 0.3) is 0 Å². The molecule has 0 radical (unpaired) electrons. The highest BCUT2D eigenvalue weighted by Crippen LogP contribution is 2.33. The van der Waals surface area contributed by atoms with Gasteiger partial charge >= 0.3 is 0 Å². The fourth-order valence-electron chi connectivity index (χ4n) is 3.19. The Hall–Kier alpha value is -3.30. The zero-order chi connectivity index (χ0) is 21.2. The van der Waals surface area contributed by atoms with Gasteiger partial charge in [-0.3, -0.25) is 4.79 Å². The maximum absolute atomic E-state index is 12.5. The maximum atomic E-state index is 12.5. The Balaban J connectivity index is 1.31. The molecular formula is C21H16ClN5O3S. The van der Waals surface area contributed by atoms with E-state index in [2.05, 4.69) is 20.4 Å². The van der Waals surface area contributed by atoms with Gasteiger partial charge in [0.05, 0.1) is 28.0 Å². The highest BCUT2D eigenvalue weighted by Gasteiger charge is 2.16. The molecule has 0 unspecified atom stereocenters. The molecule has 31 heavy (non-hydrogen) atoms. The number of fused-ring (bicyclic) bond motifs is 2. The van der Waals surface area contributed by atoms with Crippen LogP contribution < -0.4 is 14.8 Å². The number of carbonyl (C=O) groups excluding carboxylic acids is 1. The minimum absolute atomic E-state index is 0.160. The molecule has 0 fully saturated rings. The lowest BCUT2D eigenvalue weighted by Gasteiger charge is -2.19. The molecule has 3 heterocycles. The molecule has 1 amide bonds. The highest BCUT2D eigenvalue weighted by molar-refractivity contribution is 8.00. The van der Waals surface area contributed by atoms with Crippen LogP contribution in [-0.4, -0.2) is 44.6 Å². The van der Waals surface area contributed by atoms with E-state index in [1.807, 2.05) is 18.2 Å². The van der Waals surface area contributed by atoms with Crippen LogP contribution in [0.2, 0.25) is 5.02 Å². The van der Waals surface area contributed by atoms with Crippen LogP contribution in [0.15, 0.2) is 60.0 Å². The number of para-hydroxylation sites is 1. The third-order valence-corrected chi connectivity index (χ3v) is 5.90. The van der Waals surface area contributed by atoms with Gasteiger partial charge in [0, 0.05) is 11.8 Å². The average molecular weight is 454 g/mol. The summed E-state index contributed by atoms with van der Waals surface area (Å²) in [4.78, 5) is 21.1. The molecule has 0 aliphatic carbocycles. The summed E-state index contributed by atoms with van der Waals surface area (Å²) in [5.74, 6) is 1.32. The Morgan fingerprint density at radius 2 is 1.97 bits per heavy atom. The minimum atomic E-state index is -0.160. The van der Waals surface area contributed by atoms with E-state index < -0.39 is 0 Å². The van der Waals surface area contributed by atoms with Crippen molar-refractivity contribution >= 4 is 46.0 Å². The van der Waals surface area contributed by atoms with Crippen LogP contribution in [0.5, 0.6) is 11.5 Å². The van der Waals surface area contributed by atoms with Gasteiger partial charge in [-0.15, -0.1) is 0 Å². The van der Waals surface area contributed by atoms with Crippen molar-refractivity contribution in [3.05, 3.63) is 60.0 Å². The summed E-state index contributed by atoms with van der Waals surface area (Å²) in [5, 5.41) is 9.27. The van der Waals surface area contributed by atoms with Gasteiger partial charge in [0.2, 0.25) is 5.91 Å². The number of hydrogen-bond acceptors (Lipinski definition) is 7. The predicted octanol–water partition coefficient (Wildman–Crippen LogP) is 3.97. The van der Waals surface area contributed by atoms with E-state index in [0.29, 0.717) is 46.1 Å². The number of rotatable bonds is 5. The number of anilines is 1. The topological polar surface area (TPSA) is 91.2 Å². The minimum Gasteiger partial charge on any atom is -0.486 e. The van der Waals surface area contributed by atoms with Crippen molar-refractivity contribution in [2.24, 2.45) is 0 Å². The second-order valence-corrected chi connectivity index (χ2v) is 7.99. The van der Waals surface area contributed by atoms with E-state index in [4.69, 9.17) is 21.1 Å². The Bertz CT molecular complexity index is 1280. The number of aromatic nitrogens is 4. The molecule has 1 aliphatic rings. The van der Waals surface area contributed by atoms with Crippen LogP contribution in [0.4, 0.5) is 5.69 Å². The molecule has 0 saturated heterocycles. The van der Waals surface area contributed by atoms with Gasteiger partial charge in [-0.2, -0.15) is 5.10 Å². The number of nitrogens with one attached hydrogen (secondary N) is 1. The van der Waals surface area contributed by atoms with Crippen LogP contribution in [0.1, 0.15) is 0 Å². The average Bonchev–Trinajstić information content (AvgIpc) is 3.22. The molecule has 156 valence electrons. The van der Waals surface area contributed by atoms with Crippen LogP contribution in [0.25, 0.3) is 16.7 Å². The van der Waals surface area contributed by atoms with Gasteiger partial charge in [-0.1, -0.05) is 35.5 Å². The molecule has 1 aliphatic heterocycles. The number of halogens is 1. The van der Waals surface area contributed by atoms with Crippen molar-refractivity contribution in [3.8, 4) is 17.2 Å². The van der Waals surface area contributed by atoms with Crippen LogP contribution in [-0.2, 0) is 4.79 Å². The lowest BCUT2D eigenvalue weighted by molar-refractivity contribution is -0.113. The van der Waals surface area contributed by atoms with E-state index in [1.165, 1.54) is 18.1 Å². The van der Waals surface area contributed by atoms with Crippen LogP contribution in [0.3, 0.4) is 0 Å². The number of benzene rings is 2. The first-order valence-corrected chi connectivity index (χ1v) is 10.8. The first-order chi connectivity index (χ1) is 15.2. The molecule has 0 spiro atoms. The van der Waals surface area contributed by atoms with Gasteiger partial charge in [0.1, 0.15) is 24.6 Å². The molecule has 1 N–H and O–H groups in total. The van der Waals surface area contributed by atoms with Crippen LogP contribution >= 0.6 is 23.4 Å². The van der Waals surface area contributed by atoms with Gasteiger partial charge in [-0.05, 0) is 24.3 Å². The number of thioether (sulfide) groups is 1. The molecule has 0 bridgehead atoms. The maximum Gasteiger partial charge on any atom is 0.234 e. The highest BCUT2D eigenvalue weighted by atomic mass is 35.5. The number of amides is 1. The van der Waals surface area contributed by atoms with Crippen molar-refractivity contribution in [1.82, 2.24) is 19.7 Å². The van der Waals surface area contributed by atoms with Crippen molar-refractivity contribution < 1.29 is 14.3 Å². The monoisotopic (exact) mass is 453 g/mol. The van der Waals surface area contributed by atoms with E-state index in [0.717, 1.165) is 11.1 Å². The van der Waals surface area contributed by atoms with E-state index in [9.17, 15) is 4.79 Å². The third-order valence-electron chi connectivity index (χ3n) is 4.58. The van der Waals surface area contributed by atoms with Crippen molar-refractivity contribution in [2.75, 3.05) is 24.3 Å². The van der Waals surface area contributed by atoms with Crippen LogP contribution in [0, 0.1) is 0 Å². The van der Waals surface area contributed by atoms with Crippen molar-refractivity contribution in [1.29, 1.82) is 0 Å². The largest absolute Gasteiger partial charge is 0.486 e. The van der Waals surface area contributed by atoms with Crippen molar-refractivity contribution in [3.63, 3.8) is 0 Å². The quantitative estimate of drug-likeness (QED) is 0.361. The Kier molecular flexibility index (Phi) is 5.35. The zero-order valence-electron chi connectivity index (χ0n) is 16.1. The first-order valence-electron chi connectivity index (χ1n) is 9.45. The molecule has 0 saturated carbocycles. The normalized spacial score (nSPS) is 12.7. The number of nitrogens with zero attached hydrogens (tertiary/aromatic N) is 4. The Morgan fingerprint density at radius 1 is 1.13 bits per heavy atom. The van der Waals surface area contributed by atoms with Gasteiger partial charge in [-0.25, -0.2) is 14.6 Å². The Labute approximate surface area is 186 Å². The fourth-order valence-corrected chi connectivity index (χ4v) is 4.17.